The van der Waals surface area contributed by atoms with E-state index in [9.17, 15) is 9.59 Å². The van der Waals surface area contributed by atoms with E-state index in [1.807, 2.05) is 6.92 Å². The first-order valence-electron chi connectivity index (χ1n) is 5.63. The molecule has 1 aliphatic heterocycles. The zero-order valence-electron chi connectivity index (χ0n) is 9.75. The van der Waals surface area contributed by atoms with Gasteiger partial charge in [-0.3, -0.25) is 0 Å². The molecule has 1 fully saturated rings. The largest absolute Gasteiger partial charge is 0.476 e. The number of oxazole rings is 1. The van der Waals surface area contributed by atoms with Crippen LogP contribution in [0.1, 0.15) is 52.6 Å². The molecule has 0 spiro atoms. The maximum atomic E-state index is 10.9. The summed E-state index contributed by atoms with van der Waals surface area (Å²) in [5, 5.41) is 17.7. The highest BCUT2D eigenvalue weighted by Crippen LogP contribution is 2.33. The molecule has 18 heavy (non-hydrogen) atoms. The van der Waals surface area contributed by atoms with Crippen molar-refractivity contribution in [2.24, 2.45) is 0 Å². The second-order valence-electron chi connectivity index (χ2n) is 4.05. The number of hydrogen-bond acceptors (Lipinski definition) is 5. The van der Waals surface area contributed by atoms with Crippen LogP contribution in [0.3, 0.4) is 0 Å². The van der Waals surface area contributed by atoms with E-state index in [0.29, 0.717) is 13.0 Å². The van der Waals surface area contributed by atoms with Crippen LogP contribution < -0.4 is 0 Å². The highest BCUT2D eigenvalue weighted by Gasteiger charge is 2.35. The summed E-state index contributed by atoms with van der Waals surface area (Å²) >= 11 is 0. The highest BCUT2D eigenvalue weighted by atomic mass is 16.5. The number of rotatable bonds is 4. The fraction of sp³-hybridized carbons (Fsp3) is 0.545. The zero-order valence-corrected chi connectivity index (χ0v) is 9.75. The number of ether oxygens (including phenoxy) is 1. The van der Waals surface area contributed by atoms with Gasteiger partial charge in [0, 0.05) is 6.61 Å². The van der Waals surface area contributed by atoms with E-state index in [2.05, 4.69) is 4.98 Å². The standard InChI is InChI=1S/C11H13NO6/c1-2-6-5(3-4-17-6)9-12-7(10(13)14)8(18-9)11(15)16/h5-6H,2-4H2,1H3,(H,13,14)(H,15,16). The molecule has 2 unspecified atom stereocenters. The third kappa shape index (κ3) is 2.08. The van der Waals surface area contributed by atoms with Crippen molar-refractivity contribution in [3.05, 3.63) is 17.3 Å². The minimum absolute atomic E-state index is 0.105. The summed E-state index contributed by atoms with van der Waals surface area (Å²) in [6.07, 6.45) is 1.28. The molecule has 1 aromatic rings. The lowest BCUT2D eigenvalue weighted by Gasteiger charge is -2.12. The maximum absolute atomic E-state index is 10.9. The first kappa shape index (κ1) is 12.6. The average Bonchev–Trinajstić information content (AvgIpc) is 2.94. The number of nitrogens with zero attached hydrogens (tertiary/aromatic N) is 1. The van der Waals surface area contributed by atoms with Gasteiger partial charge in [0.25, 0.3) is 0 Å². The lowest BCUT2D eigenvalue weighted by atomic mass is 10.00. The molecule has 1 aromatic heterocycles. The Balaban J connectivity index is 2.37. The molecule has 1 saturated heterocycles. The molecular weight excluding hydrogens is 242 g/mol. The fourth-order valence-corrected chi connectivity index (χ4v) is 2.12. The Hall–Kier alpha value is -1.89. The van der Waals surface area contributed by atoms with Crippen molar-refractivity contribution < 1.29 is 29.0 Å². The van der Waals surface area contributed by atoms with E-state index in [4.69, 9.17) is 19.4 Å². The van der Waals surface area contributed by atoms with E-state index in [1.54, 1.807) is 0 Å². The fourth-order valence-electron chi connectivity index (χ4n) is 2.12. The van der Waals surface area contributed by atoms with Crippen LogP contribution in [0, 0.1) is 0 Å². The number of carboxylic acids is 2. The van der Waals surface area contributed by atoms with Crippen molar-refractivity contribution in [2.45, 2.75) is 31.8 Å². The van der Waals surface area contributed by atoms with Crippen molar-refractivity contribution >= 4 is 11.9 Å². The lowest BCUT2D eigenvalue weighted by Crippen LogP contribution is -2.13. The van der Waals surface area contributed by atoms with Gasteiger partial charge in [-0.2, -0.15) is 0 Å². The minimum Gasteiger partial charge on any atom is -0.476 e. The maximum Gasteiger partial charge on any atom is 0.374 e. The lowest BCUT2D eigenvalue weighted by molar-refractivity contribution is 0.0620. The average molecular weight is 255 g/mol. The summed E-state index contributed by atoms with van der Waals surface area (Å²) in [5.41, 5.74) is -0.556. The summed E-state index contributed by atoms with van der Waals surface area (Å²) in [6, 6.07) is 0. The van der Waals surface area contributed by atoms with E-state index in [0.717, 1.165) is 6.42 Å². The number of carboxylic acid groups (broad SMARTS) is 2. The van der Waals surface area contributed by atoms with Gasteiger partial charge in [0.1, 0.15) is 0 Å². The Kier molecular flexibility index (Phi) is 3.33. The van der Waals surface area contributed by atoms with Crippen LogP contribution in [0.15, 0.2) is 4.42 Å². The second kappa shape index (κ2) is 4.77. The molecule has 0 saturated carbocycles. The van der Waals surface area contributed by atoms with Gasteiger partial charge in [0.05, 0.1) is 12.0 Å². The smallest absolute Gasteiger partial charge is 0.374 e. The summed E-state index contributed by atoms with van der Waals surface area (Å²) in [4.78, 5) is 25.5. The van der Waals surface area contributed by atoms with Gasteiger partial charge in [-0.05, 0) is 12.8 Å². The van der Waals surface area contributed by atoms with Gasteiger partial charge < -0.3 is 19.4 Å². The van der Waals surface area contributed by atoms with Crippen molar-refractivity contribution in [3.8, 4) is 0 Å². The van der Waals surface area contributed by atoms with Crippen molar-refractivity contribution in [1.82, 2.24) is 4.98 Å². The number of aromatic carboxylic acids is 2. The van der Waals surface area contributed by atoms with E-state index in [1.165, 1.54) is 0 Å². The molecular formula is C11H13NO6. The van der Waals surface area contributed by atoms with Gasteiger partial charge in [-0.25, -0.2) is 14.6 Å². The first-order valence-corrected chi connectivity index (χ1v) is 5.63. The van der Waals surface area contributed by atoms with Gasteiger partial charge >= 0.3 is 11.9 Å². The van der Waals surface area contributed by atoms with Crippen LogP contribution in [0.2, 0.25) is 0 Å². The number of carbonyl (C=O) groups is 2. The van der Waals surface area contributed by atoms with Crippen LogP contribution in [-0.2, 0) is 4.74 Å². The SMILES string of the molecule is CCC1OCCC1c1nc(C(=O)O)c(C(=O)O)o1. The van der Waals surface area contributed by atoms with Crippen molar-refractivity contribution in [1.29, 1.82) is 0 Å². The van der Waals surface area contributed by atoms with E-state index < -0.39 is 23.4 Å². The van der Waals surface area contributed by atoms with Crippen LogP contribution in [0.4, 0.5) is 0 Å². The van der Waals surface area contributed by atoms with Crippen LogP contribution >= 0.6 is 0 Å². The molecule has 98 valence electrons. The molecule has 0 bridgehead atoms. The summed E-state index contributed by atoms with van der Waals surface area (Å²) in [6.45, 7) is 2.47. The summed E-state index contributed by atoms with van der Waals surface area (Å²) in [7, 11) is 0. The molecule has 0 radical (unpaired) electrons. The third-order valence-corrected chi connectivity index (χ3v) is 2.97. The minimum atomic E-state index is -1.43. The zero-order chi connectivity index (χ0) is 13.3. The topological polar surface area (TPSA) is 110 Å². The Labute approximate surface area is 102 Å². The van der Waals surface area contributed by atoms with Crippen LogP contribution in [0.25, 0.3) is 0 Å². The Morgan fingerprint density at radius 2 is 2.11 bits per heavy atom. The van der Waals surface area contributed by atoms with Gasteiger partial charge in [-0.1, -0.05) is 6.92 Å². The summed E-state index contributed by atoms with van der Waals surface area (Å²) < 4.78 is 10.5. The third-order valence-electron chi connectivity index (χ3n) is 2.97. The molecule has 2 atom stereocenters. The van der Waals surface area contributed by atoms with Gasteiger partial charge in [0.2, 0.25) is 17.3 Å². The molecule has 2 rings (SSSR count). The summed E-state index contributed by atoms with van der Waals surface area (Å²) in [5.74, 6) is -3.51. The highest BCUT2D eigenvalue weighted by molar-refractivity contribution is 5.98. The molecule has 2 N–H and O–H groups in total. The molecule has 0 amide bonds. The predicted molar refractivity (Wildman–Crippen MR) is 57.8 cm³/mol. The predicted octanol–water partition coefficient (Wildman–Crippen LogP) is 1.35. The Morgan fingerprint density at radius 1 is 1.39 bits per heavy atom. The van der Waals surface area contributed by atoms with Crippen LogP contribution in [0.5, 0.6) is 0 Å². The number of hydrogen-bond donors (Lipinski definition) is 2. The molecule has 1 aliphatic rings. The molecule has 7 heteroatoms. The van der Waals surface area contributed by atoms with Crippen LogP contribution in [-0.4, -0.2) is 39.8 Å². The second-order valence-corrected chi connectivity index (χ2v) is 4.05. The molecule has 0 aliphatic carbocycles. The normalized spacial score (nSPS) is 23.2. The molecule has 2 heterocycles. The van der Waals surface area contributed by atoms with Gasteiger partial charge in [0.15, 0.2) is 0 Å². The van der Waals surface area contributed by atoms with E-state index in [-0.39, 0.29) is 17.9 Å². The van der Waals surface area contributed by atoms with Gasteiger partial charge in [-0.15, -0.1) is 0 Å². The molecule has 0 aromatic carbocycles. The van der Waals surface area contributed by atoms with Crippen molar-refractivity contribution in [3.63, 3.8) is 0 Å². The monoisotopic (exact) mass is 255 g/mol. The first-order chi connectivity index (χ1) is 8.54. The van der Waals surface area contributed by atoms with Crippen molar-refractivity contribution in [2.75, 3.05) is 6.61 Å². The molecule has 7 nitrogen and oxygen atoms in total. The Morgan fingerprint density at radius 3 is 2.61 bits per heavy atom. The number of aromatic nitrogens is 1. The van der Waals surface area contributed by atoms with E-state index >= 15 is 0 Å². The quantitative estimate of drug-likeness (QED) is 0.835. The Bertz CT molecular complexity index is 448.